The molecule has 1 aromatic heterocycles. The number of amides is 1. The number of hydrogen-bond donors (Lipinski definition) is 0. The van der Waals surface area contributed by atoms with Gasteiger partial charge in [-0.1, -0.05) is 49.4 Å². The summed E-state index contributed by atoms with van der Waals surface area (Å²) >= 11 is 0. The molecule has 2 aromatic carbocycles. The van der Waals surface area contributed by atoms with Crippen LogP contribution in [0.1, 0.15) is 53.6 Å². The number of aromatic nitrogens is 3. The topological polar surface area (TPSA) is 51.0 Å². The predicted octanol–water partition coefficient (Wildman–Crippen LogP) is 4.12. The van der Waals surface area contributed by atoms with Gasteiger partial charge in [-0.3, -0.25) is 4.79 Å². The van der Waals surface area contributed by atoms with Crippen LogP contribution in [0.3, 0.4) is 0 Å². The molecular formula is C23H26N4O. The molecule has 1 fully saturated rings. The van der Waals surface area contributed by atoms with Crippen molar-refractivity contribution < 1.29 is 4.79 Å². The fraction of sp³-hybridized carbons (Fsp3) is 0.348. The van der Waals surface area contributed by atoms with E-state index in [1.165, 1.54) is 11.9 Å². The summed E-state index contributed by atoms with van der Waals surface area (Å²) in [5.41, 5.74) is 3.20. The van der Waals surface area contributed by atoms with Crippen molar-refractivity contribution in [2.45, 2.75) is 44.7 Å². The number of benzene rings is 2. The summed E-state index contributed by atoms with van der Waals surface area (Å²) in [5, 5.41) is 4.13. The Kier molecular flexibility index (Phi) is 5.51. The Morgan fingerprint density at radius 2 is 1.93 bits per heavy atom. The minimum Gasteiger partial charge on any atom is -0.335 e. The molecule has 5 nitrogen and oxygen atoms in total. The summed E-state index contributed by atoms with van der Waals surface area (Å²) in [6.07, 6.45) is 6.41. The Balaban J connectivity index is 1.50. The molecule has 0 N–H and O–H groups in total. The van der Waals surface area contributed by atoms with Gasteiger partial charge in [-0.05, 0) is 42.5 Å². The Morgan fingerprint density at radius 3 is 2.61 bits per heavy atom. The van der Waals surface area contributed by atoms with Crippen molar-refractivity contribution >= 4 is 5.91 Å². The first-order valence-electron chi connectivity index (χ1n) is 10.0. The van der Waals surface area contributed by atoms with Gasteiger partial charge < -0.3 is 4.90 Å². The van der Waals surface area contributed by atoms with E-state index < -0.39 is 0 Å². The molecule has 0 saturated carbocycles. The van der Waals surface area contributed by atoms with Crippen LogP contribution < -0.4 is 0 Å². The van der Waals surface area contributed by atoms with E-state index in [4.69, 9.17) is 0 Å². The number of hydrogen-bond acceptors (Lipinski definition) is 3. The molecule has 0 radical (unpaired) electrons. The second kappa shape index (κ2) is 8.38. The minimum atomic E-state index is 0.143. The van der Waals surface area contributed by atoms with Crippen LogP contribution in [0.5, 0.6) is 0 Å². The highest BCUT2D eigenvalue weighted by atomic mass is 16.2. The highest BCUT2D eigenvalue weighted by molar-refractivity contribution is 5.94. The second-order valence-electron chi connectivity index (χ2n) is 7.42. The number of likely N-dealkylation sites (tertiary alicyclic amines) is 1. The third-order valence-electron chi connectivity index (χ3n) is 5.70. The smallest absolute Gasteiger partial charge is 0.254 e. The molecule has 5 heteroatoms. The van der Waals surface area contributed by atoms with E-state index in [-0.39, 0.29) is 11.9 Å². The third-order valence-corrected chi connectivity index (χ3v) is 5.70. The maximum atomic E-state index is 13.2. The van der Waals surface area contributed by atoms with Gasteiger partial charge in [0.15, 0.2) is 0 Å². The van der Waals surface area contributed by atoms with Gasteiger partial charge in [0.25, 0.3) is 5.91 Å². The van der Waals surface area contributed by atoms with Gasteiger partial charge in [0.1, 0.15) is 12.7 Å². The van der Waals surface area contributed by atoms with Crippen molar-refractivity contribution in [1.29, 1.82) is 0 Å². The van der Waals surface area contributed by atoms with Gasteiger partial charge in [0.2, 0.25) is 0 Å². The Morgan fingerprint density at radius 1 is 1.14 bits per heavy atom. The lowest BCUT2D eigenvalue weighted by atomic mass is 9.87. The van der Waals surface area contributed by atoms with E-state index >= 15 is 0 Å². The molecule has 3 aromatic rings. The zero-order valence-corrected chi connectivity index (χ0v) is 16.2. The van der Waals surface area contributed by atoms with E-state index in [1.54, 1.807) is 11.0 Å². The average molecular weight is 374 g/mol. The summed E-state index contributed by atoms with van der Waals surface area (Å²) in [4.78, 5) is 19.3. The van der Waals surface area contributed by atoms with Crippen molar-refractivity contribution in [1.82, 2.24) is 19.7 Å². The van der Waals surface area contributed by atoms with E-state index in [9.17, 15) is 4.79 Å². The first-order valence-corrected chi connectivity index (χ1v) is 10.0. The van der Waals surface area contributed by atoms with Crippen LogP contribution in [0, 0.1) is 0 Å². The quantitative estimate of drug-likeness (QED) is 0.652. The van der Waals surface area contributed by atoms with E-state index in [0.29, 0.717) is 12.5 Å². The molecule has 2 atom stereocenters. The van der Waals surface area contributed by atoms with Crippen LogP contribution in [0.15, 0.2) is 67.3 Å². The van der Waals surface area contributed by atoms with Crippen molar-refractivity contribution in [2.24, 2.45) is 0 Å². The number of rotatable bonds is 6. The summed E-state index contributed by atoms with van der Waals surface area (Å²) < 4.78 is 1.78. The molecule has 1 amide bonds. The zero-order valence-electron chi connectivity index (χ0n) is 16.2. The van der Waals surface area contributed by atoms with Crippen molar-refractivity contribution in [2.75, 3.05) is 6.54 Å². The van der Waals surface area contributed by atoms with Crippen LogP contribution in [-0.2, 0) is 6.54 Å². The zero-order chi connectivity index (χ0) is 19.3. The second-order valence-corrected chi connectivity index (χ2v) is 7.42. The van der Waals surface area contributed by atoms with Crippen molar-refractivity contribution in [3.63, 3.8) is 0 Å². The fourth-order valence-corrected chi connectivity index (χ4v) is 4.31. The number of nitrogens with zero attached hydrogens (tertiary/aromatic N) is 4. The maximum Gasteiger partial charge on any atom is 0.254 e. The van der Waals surface area contributed by atoms with Gasteiger partial charge in [-0.25, -0.2) is 9.67 Å². The van der Waals surface area contributed by atoms with Gasteiger partial charge >= 0.3 is 0 Å². The predicted molar refractivity (Wildman–Crippen MR) is 109 cm³/mol. The van der Waals surface area contributed by atoms with Gasteiger partial charge in [0.05, 0.1) is 6.54 Å². The van der Waals surface area contributed by atoms with Gasteiger partial charge in [-0.2, -0.15) is 5.10 Å². The molecule has 0 bridgehead atoms. The van der Waals surface area contributed by atoms with Crippen LogP contribution in [0.25, 0.3) is 0 Å². The maximum absolute atomic E-state index is 13.2. The lowest BCUT2D eigenvalue weighted by Gasteiger charge is -2.32. The molecule has 0 spiro atoms. The Labute approximate surface area is 166 Å². The fourth-order valence-electron chi connectivity index (χ4n) is 4.31. The first kappa shape index (κ1) is 18.4. The largest absolute Gasteiger partial charge is 0.335 e. The molecule has 0 unspecified atom stereocenters. The normalized spacial score (nSPS) is 17.6. The van der Waals surface area contributed by atoms with Crippen LogP contribution in [-0.4, -0.2) is 38.2 Å². The summed E-state index contributed by atoms with van der Waals surface area (Å²) in [7, 11) is 0. The van der Waals surface area contributed by atoms with Crippen LogP contribution >= 0.6 is 0 Å². The summed E-state index contributed by atoms with van der Waals surface area (Å²) in [5.74, 6) is 0.531. The molecule has 1 aliphatic heterocycles. The molecule has 4 rings (SSSR count). The molecule has 1 aliphatic rings. The molecule has 28 heavy (non-hydrogen) atoms. The highest BCUT2D eigenvalue weighted by Gasteiger charge is 2.34. The number of carbonyl (C=O) groups excluding carboxylic acids is 1. The molecule has 1 saturated heterocycles. The minimum absolute atomic E-state index is 0.143. The standard InChI is InChI=1S/C23H26N4O/c1-2-21(19-7-4-3-5-8-19)22-9-6-14-27(22)23(28)20-12-10-18(11-13-20)15-26-17-24-16-25-26/h3-5,7-8,10-13,16-17,21-22H,2,6,9,14-15H2,1H3/t21-,22-/m1/s1. The molecule has 0 aliphatic carbocycles. The molecular weight excluding hydrogens is 348 g/mol. The summed E-state index contributed by atoms with van der Waals surface area (Å²) in [6.45, 7) is 3.72. The number of carbonyl (C=O) groups is 1. The third kappa shape index (κ3) is 3.84. The lowest BCUT2D eigenvalue weighted by molar-refractivity contribution is 0.0714. The van der Waals surface area contributed by atoms with Gasteiger partial charge in [0, 0.05) is 24.1 Å². The van der Waals surface area contributed by atoms with E-state index in [2.05, 4.69) is 52.2 Å². The van der Waals surface area contributed by atoms with Crippen molar-refractivity contribution in [3.05, 3.63) is 83.9 Å². The SMILES string of the molecule is CC[C@H](c1ccccc1)[C@H]1CCCN1C(=O)c1ccc(Cn2cncn2)cc1. The van der Waals surface area contributed by atoms with Crippen LogP contribution in [0.2, 0.25) is 0 Å². The lowest BCUT2D eigenvalue weighted by Crippen LogP contribution is -2.39. The van der Waals surface area contributed by atoms with E-state index in [0.717, 1.165) is 36.9 Å². The Hall–Kier alpha value is -2.95. The van der Waals surface area contributed by atoms with Crippen LogP contribution in [0.4, 0.5) is 0 Å². The Bertz CT molecular complexity index is 890. The average Bonchev–Trinajstić information content (AvgIpc) is 3.42. The van der Waals surface area contributed by atoms with E-state index in [1.807, 2.05) is 24.3 Å². The first-order chi connectivity index (χ1) is 13.8. The molecule has 2 heterocycles. The summed E-state index contributed by atoms with van der Waals surface area (Å²) in [6, 6.07) is 18.8. The van der Waals surface area contributed by atoms with Crippen molar-refractivity contribution in [3.8, 4) is 0 Å². The van der Waals surface area contributed by atoms with Gasteiger partial charge in [-0.15, -0.1) is 0 Å². The highest BCUT2D eigenvalue weighted by Crippen LogP contribution is 2.34. The monoisotopic (exact) mass is 374 g/mol. The molecule has 144 valence electrons.